The maximum Gasteiger partial charge on any atom is 0.230 e. The average molecular weight is 339 g/mol. The minimum Gasteiger partial charge on any atom is -0.342 e. The molecule has 0 aliphatic carbocycles. The minimum atomic E-state index is -0.00578. The average Bonchev–Trinajstić information content (AvgIpc) is 2.94. The first kappa shape index (κ1) is 17.7. The molecule has 2 aromatic rings. The fourth-order valence-electron chi connectivity index (χ4n) is 3.90. The van der Waals surface area contributed by atoms with Crippen molar-refractivity contribution in [1.29, 1.82) is 0 Å². The smallest absolute Gasteiger partial charge is 0.230 e. The first-order valence-corrected chi connectivity index (χ1v) is 9.43. The molecule has 1 aromatic heterocycles. The Labute approximate surface area is 150 Å². The molecule has 3 rings (SSSR count). The third-order valence-electron chi connectivity index (χ3n) is 5.37. The largest absolute Gasteiger partial charge is 0.342 e. The van der Waals surface area contributed by atoms with Crippen molar-refractivity contribution in [2.45, 2.75) is 52.5 Å². The molecule has 0 bridgehead atoms. The molecule has 2 heterocycles. The maximum absolute atomic E-state index is 13.0. The van der Waals surface area contributed by atoms with Gasteiger partial charge >= 0.3 is 0 Å². The van der Waals surface area contributed by atoms with Crippen LogP contribution >= 0.6 is 0 Å². The number of likely N-dealkylation sites (tertiary alicyclic amines) is 1. The fourth-order valence-corrected chi connectivity index (χ4v) is 3.90. The lowest BCUT2D eigenvalue weighted by molar-refractivity contribution is -0.134. The summed E-state index contributed by atoms with van der Waals surface area (Å²) in [7, 11) is 0. The zero-order valence-corrected chi connectivity index (χ0v) is 15.6. The van der Waals surface area contributed by atoms with Gasteiger partial charge in [0.25, 0.3) is 0 Å². The van der Waals surface area contributed by atoms with Gasteiger partial charge < -0.3 is 4.90 Å². The van der Waals surface area contributed by atoms with E-state index in [9.17, 15) is 4.79 Å². The van der Waals surface area contributed by atoms with E-state index in [1.165, 1.54) is 5.69 Å². The molecular weight excluding hydrogens is 310 g/mol. The van der Waals surface area contributed by atoms with Crippen molar-refractivity contribution in [3.05, 3.63) is 53.3 Å². The molecule has 1 aliphatic rings. The Morgan fingerprint density at radius 1 is 1.20 bits per heavy atom. The lowest BCUT2D eigenvalue weighted by Crippen LogP contribution is -2.41. The molecule has 134 valence electrons. The summed E-state index contributed by atoms with van der Waals surface area (Å²) in [6, 6.07) is 12.3. The highest BCUT2D eigenvalue weighted by atomic mass is 16.2. The van der Waals surface area contributed by atoms with E-state index in [4.69, 9.17) is 0 Å². The second-order valence-electron chi connectivity index (χ2n) is 7.25. The zero-order chi connectivity index (χ0) is 17.8. The van der Waals surface area contributed by atoms with Gasteiger partial charge in [0.1, 0.15) is 0 Å². The number of hydrogen-bond acceptors (Lipinski definition) is 2. The Morgan fingerprint density at radius 2 is 1.88 bits per heavy atom. The minimum absolute atomic E-state index is 0.00578. The number of aromatic nitrogens is 2. The van der Waals surface area contributed by atoms with Gasteiger partial charge in [-0.05, 0) is 50.7 Å². The number of amides is 1. The van der Waals surface area contributed by atoms with Crippen molar-refractivity contribution in [3.63, 3.8) is 0 Å². The molecular formula is C21H29N3O. The quantitative estimate of drug-likeness (QED) is 0.828. The Hall–Kier alpha value is -2.10. The number of nitrogens with zero attached hydrogens (tertiary/aromatic N) is 3. The van der Waals surface area contributed by atoms with Crippen LogP contribution in [0.1, 0.15) is 49.1 Å². The third kappa shape index (κ3) is 4.12. The molecule has 1 amide bonds. The molecule has 25 heavy (non-hydrogen) atoms. The van der Waals surface area contributed by atoms with Gasteiger partial charge in [-0.3, -0.25) is 9.48 Å². The van der Waals surface area contributed by atoms with Gasteiger partial charge in [-0.1, -0.05) is 37.3 Å². The van der Waals surface area contributed by atoms with Crippen molar-refractivity contribution in [1.82, 2.24) is 14.7 Å². The summed E-state index contributed by atoms with van der Waals surface area (Å²) in [6.45, 7) is 8.96. The second kappa shape index (κ2) is 7.85. The number of benzene rings is 1. The number of piperidine rings is 1. The van der Waals surface area contributed by atoms with Crippen molar-refractivity contribution < 1.29 is 4.79 Å². The summed E-state index contributed by atoms with van der Waals surface area (Å²) in [6.07, 6.45) is 2.99. The van der Waals surface area contributed by atoms with Crippen molar-refractivity contribution in [2.75, 3.05) is 13.1 Å². The third-order valence-corrected chi connectivity index (χ3v) is 5.37. The molecule has 4 heteroatoms. The number of rotatable bonds is 5. The second-order valence-corrected chi connectivity index (χ2v) is 7.25. The first-order chi connectivity index (χ1) is 12.1. The molecule has 1 saturated heterocycles. The fraction of sp³-hybridized carbons (Fsp3) is 0.524. The van der Waals surface area contributed by atoms with Crippen LogP contribution in [0.4, 0.5) is 0 Å². The van der Waals surface area contributed by atoms with E-state index in [0.717, 1.165) is 50.2 Å². The Balaban J connectivity index is 1.58. The van der Waals surface area contributed by atoms with Crippen LogP contribution in [0.2, 0.25) is 0 Å². The molecule has 0 saturated carbocycles. The van der Waals surface area contributed by atoms with Crippen LogP contribution in [0.25, 0.3) is 0 Å². The van der Waals surface area contributed by atoms with Gasteiger partial charge in [-0.25, -0.2) is 0 Å². The van der Waals surface area contributed by atoms with Gasteiger partial charge in [0.15, 0.2) is 0 Å². The maximum atomic E-state index is 13.0. The van der Waals surface area contributed by atoms with Crippen LogP contribution < -0.4 is 0 Å². The highest BCUT2D eigenvalue weighted by Gasteiger charge is 2.28. The summed E-state index contributed by atoms with van der Waals surface area (Å²) >= 11 is 0. The Bertz CT molecular complexity index is 699. The summed E-state index contributed by atoms with van der Waals surface area (Å²) in [5, 5.41) is 4.58. The standard InChI is InChI=1S/C21H29N3O/c1-4-20(19-8-6-5-7-9-19)21(25)23-12-10-18(11-13-23)15-24-17(3)14-16(2)22-24/h5-9,14,18,20H,4,10-13,15H2,1-3H3. The van der Waals surface area contributed by atoms with E-state index in [-0.39, 0.29) is 5.92 Å². The first-order valence-electron chi connectivity index (χ1n) is 9.43. The van der Waals surface area contributed by atoms with E-state index in [2.05, 4.69) is 46.7 Å². The predicted molar refractivity (Wildman–Crippen MR) is 100 cm³/mol. The monoisotopic (exact) mass is 339 g/mol. The number of carbonyl (C=O) groups excluding carboxylic acids is 1. The molecule has 1 aromatic carbocycles. The molecule has 1 unspecified atom stereocenters. The molecule has 1 fully saturated rings. The summed E-state index contributed by atoms with van der Waals surface area (Å²) in [5.74, 6) is 0.894. The van der Waals surface area contributed by atoms with Crippen molar-refractivity contribution in [3.8, 4) is 0 Å². The van der Waals surface area contributed by atoms with Gasteiger partial charge in [0.05, 0.1) is 11.6 Å². The number of aryl methyl sites for hydroxylation is 2. The van der Waals surface area contributed by atoms with Crippen LogP contribution in [-0.2, 0) is 11.3 Å². The highest BCUT2D eigenvalue weighted by Crippen LogP contribution is 2.26. The van der Waals surface area contributed by atoms with E-state index in [1.807, 2.05) is 25.1 Å². The van der Waals surface area contributed by atoms with E-state index in [0.29, 0.717) is 11.8 Å². The van der Waals surface area contributed by atoms with Crippen LogP contribution in [0.3, 0.4) is 0 Å². The zero-order valence-electron chi connectivity index (χ0n) is 15.6. The SMILES string of the molecule is CCC(C(=O)N1CCC(Cn2nc(C)cc2C)CC1)c1ccccc1. The molecule has 0 N–H and O–H groups in total. The molecule has 0 radical (unpaired) electrons. The van der Waals surface area contributed by atoms with Crippen LogP contribution in [0, 0.1) is 19.8 Å². The molecule has 0 spiro atoms. The lowest BCUT2D eigenvalue weighted by Gasteiger charge is -2.34. The van der Waals surface area contributed by atoms with Crippen LogP contribution in [0.15, 0.2) is 36.4 Å². The van der Waals surface area contributed by atoms with Crippen molar-refractivity contribution in [2.24, 2.45) is 5.92 Å². The normalized spacial score (nSPS) is 16.8. The van der Waals surface area contributed by atoms with Gasteiger partial charge in [-0.15, -0.1) is 0 Å². The molecule has 4 nitrogen and oxygen atoms in total. The number of hydrogen-bond donors (Lipinski definition) is 0. The van der Waals surface area contributed by atoms with Gasteiger partial charge in [0.2, 0.25) is 5.91 Å². The van der Waals surface area contributed by atoms with Crippen LogP contribution in [-0.4, -0.2) is 33.7 Å². The summed E-state index contributed by atoms with van der Waals surface area (Å²) < 4.78 is 2.12. The Morgan fingerprint density at radius 3 is 2.44 bits per heavy atom. The highest BCUT2D eigenvalue weighted by molar-refractivity contribution is 5.83. The lowest BCUT2D eigenvalue weighted by atomic mass is 9.92. The predicted octanol–water partition coefficient (Wildman–Crippen LogP) is 3.93. The topological polar surface area (TPSA) is 38.1 Å². The van der Waals surface area contributed by atoms with Crippen molar-refractivity contribution >= 4 is 5.91 Å². The van der Waals surface area contributed by atoms with Crippen LogP contribution in [0.5, 0.6) is 0 Å². The van der Waals surface area contributed by atoms with Gasteiger partial charge in [-0.2, -0.15) is 5.10 Å². The summed E-state index contributed by atoms with van der Waals surface area (Å²) in [5.41, 5.74) is 3.45. The van der Waals surface area contributed by atoms with Gasteiger partial charge in [0, 0.05) is 25.3 Å². The van der Waals surface area contributed by atoms with E-state index < -0.39 is 0 Å². The number of carbonyl (C=O) groups is 1. The molecule has 1 atom stereocenters. The molecule has 1 aliphatic heterocycles. The Kier molecular flexibility index (Phi) is 5.57. The van der Waals surface area contributed by atoms with E-state index in [1.54, 1.807) is 0 Å². The van der Waals surface area contributed by atoms with E-state index >= 15 is 0 Å². The summed E-state index contributed by atoms with van der Waals surface area (Å²) in [4.78, 5) is 15.0.